The lowest BCUT2D eigenvalue weighted by molar-refractivity contribution is -0.150. The Morgan fingerprint density at radius 2 is 2.13 bits per heavy atom. The highest BCUT2D eigenvalue weighted by Crippen LogP contribution is 2.44. The molecule has 0 amide bonds. The Kier molecular flexibility index (Phi) is 4.25. The summed E-state index contributed by atoms with van der Waals surface area (Å²) in [6.45, 7) is 1.83. The molecule has 0 aliphatic heterocycles. The fourth-order valence-electron chi connectivity index (χ4n) is 4.54. The zero-order chi connectivity index (χ0) is 21.0. The first-order chi connectivity index (χ1) is 14.4. The van der Waals surface area contributed by atoms with E-state index < -0.39 is 11.4 Å². The first-order valence-electron chi connectivity index (χ1n) is 10.0. The highest BCUT2D eigenvalue weighted by atomic mass is 35.5. The van der Waals surface area contributed by atoms with Gasteiger partial charge in [-0.15, -0.1) is 0 Å². The van der Waals surface area contributed by atoms with Gasteiger partial charge in [-0.05, 0) is 44.7 Å². The second kappa shape index (κ2) is 6.74. The molecule has 0 unspecified atom stereocenters. The van der Waals surface area contributed by atoms with Gasteiger partial charge >= 0.3 is 5.97 Å². The zero-order valence-electron chi connectivity index (χ0n) is 16.5. The summed E-state index contributed by atoms with van der Waals surface area (Å²) >= 11 is 6.34. The second-order valence-corrected chi connectivity index (χ2v) is 8.78. The van der Waals surface area contributed by atoms with E-state index in [4.69, 9.17) is 22.3 Å². The number of benzene rings is 1. The number of carboxylic acids is 1. The Bertz CT molecular complexity index is 1280. The van der Waals surface area contributed by atoms with Crippen LogP contribution in [0, 0.1) is 5.41 Å². The van der Waals surface area contributed by atoms with Crippen molar-refractivity contribution < 1.29 is 9.90 Å². The van der Waals surface area contributed by atoms with Crippen LogP contribution in [-0.2, 0) is 4.79 Å². The number of carboxylic acid groups (broad SMARTS) is 1. The van der Waals surface area contributed by atoms with Crippen LogP contribution in [-0.4, -0.2) is 30.4 Å². The maximum absolute atomic E-state index is 11.6. The normalized spacial score (nSPS) is 22.0. The van der Waals surface area contributed by atoms with E-state index in [1.165, 1.54) is 0 Å². The lowest BCUT2D eigenvalue weighted by Crippen LogP contribution is -2.32. The molecule has 0 spiro atoms. The molecule has 0 radical (unpaired) electrons. The van der Waals surface area contributed by atoms with Crippen molar-refractivity contribution in [3.8, 4) is 11.4 Å². The Labute approximate surface area is 177 Å². The molecular formula is C22H22ClN5O2. The number of imidazole rings is 1. The monoisotopic (exact) mass is 423 g/mol. The minimum absolute atomic E-state index is 0.161. The highest BCUT2D eigenvalue weighted by Gasteiger charge is 2.39. The standard InChI is InChI=1S/C22H22ClN5O2/c1-22(21(29)30)7-5-12(6-8-22)20-27-17(18-19(24)25-9-10-28(18)20)15-11-13-3-2-4-14(23)16(13)26-15/h2-4,9-12,26H,5-8H2,1H3,(H2,24,25)(H,29,30). The smallest absolute Gasteiger partial charge is 0.309 e. The number of carbonyl (C=O) groups is 1. The van der Waals surface area contributed by atoms with Crippen molar-refractivity contribution >= 4 is 39.8 Å². The van der Waals surface area contributed by atoms with E-state index in [1.807, 2.05) is 41.8 Å². The summed E-state index contributed by atoms with van der Waals surface area (Å²) in [6, 6.07) is 7.77. The fraction of sp³-hybridized carbons (Fsp3) is 0.318. The molecule has 3 heterocycles. The number of aliphatic carboxylic acids is 1. The summed E-state index contributed by atoms with van der Waals surface area (Å²) in [5.74, 6) is 0.736. The van der Waals surface area contributed by atoms with Crippen molar-refractivity contribution in [3.63, 3.8) is 0 Å². The zero-order valence-corrected chi connectivity index (χ0v) is 17.3. The quantitative estimate of drug-likeness (QED) is 0.435. The minimum Gasteiger partial charge on any atom is -0.481 e. The molecule has 0 saturated heterocycles. The van der Waals surface area contributed by atoms with Gasteiger partial charge in [-0.1, -0.05) is 23.7 Å². The van der Waals surface area contributed by atoms with Crippen molar-refractivity contribution in [2.24, 2.45) is 5.41 Å². The maximum Gasteiger partial charge on any atom is 0.309 e. The van der Waals surface area contributed by atoms with E-state index in [1.54, 1.807) is 6.20 Å². The van der Waals surface area contributed by atoms with Gasteiger partial charge in [0.25, 0.3) is 0 Å². The summed E-state index contributed by atoms with van der Waals surface area (Å²) in [5, 5.41) is 11.2. The molecule has 1 saturated carbocycles. The minimum atomic E-state index is -0.724. The summed E-state index contributed by atoms with van der Waals surface area (Å²) < 4.78 is 2.00. The number of hydrogen-bond donors (Lipinski definition) is 3. The van der Waals surface area contributed by atoms with Gasteiger partial charge in [0.2, 0.25) is 0 Å². The molecule has 3 aromatic heterocycles. The summed E-state index contributed by atoms with van der Waals surface area (Å²) in [7, 11) is 0. The molecule has 1 fully saturated rings. The molecule has 4 aromatic rings. The van der Waals surface area contributed by atoms with Crippen LogP contribution in [0.1, 0.15) is 44.3 Å². The molecule has 7 nitrogen and oxygen atoms in total. The van der Waals surface area contributed by atoms with E-state index in [0.29, 0.717) is 23.7 Å². The third-order valence-electron chi connectivity index (χ3n) is 6.44. The summed E-state index contributed by atoms with van der Waals surface area (Å²) in [5.41, 5.74) is 8.75. The SMILES string of the molecule is CC1(C(=O)O)CCC(c2nc(-c3cc4cccc(Cl)c4[nH]3)c3c(N)nccn23)CC1. The number of fused-ring (bicyclic) bond motifs is 2. The van der Waals surface area contributed by atoms with Gasteiger partial charge in [-0.25, -0.2) is 9.97 Å². The van der Waals surface area contributed by atoms with Crippen molar-refractivity contribution in [1.29, 1.82) is 0 Å². The number of hydrogen-bond acceptors (Lipinski definition) is 4. The van der Waals surface area contributed by atoms with Crippen LogP contribution in [0.4, 0.5) is 5.82 Å². The molecule has 5 rings (SSSR count). The average molecular weight is 424 g/mol. The Hall–Kier alpha value is -3.06. The third kappa shape index (κ3) is 2.84. The van der Waals surface area contributed by atoms with Crippen LogP contribution in [0.2, 0.25) is 5.02 Å². The van der Waals surface area contributed by atoms with Crippen LogP contribution in [0.25, 0.3) is 27.8 Å². The number of nitrogens with zero attached hydrogens (tertiary/aromatic N) is 3. The predicted molar refractivity (Wildman–Crippen MR) is 117 cm³/mol. The van der Waals surface area contributed by atoms with E-state index in [0.717, 1.165) is 46.5 Å². The largest absolute Gasteiger partial charge is 0.481 e. The summed E-state index contributed by atoms with van der Waals surface area (Å²) in [6.07, 6.45) is 6.32. The Balaban J connectivity index is 1.62. The molecule has 1 aromatic carbocycles. The number of nitrogens with one attached hydrogen (secondary N) is 1. The average Bonchev–Trinajstić information content (AvgIpc) is 3.32. The van der Waals surface area contributed by atoms with Crippen molar-refractivity contribution in [2.45, 2.75) is 38.5 Å². The summed E-state index contributed by atoms with van der Waals surface area (Å²) in [4.78, 5) is 24.2. The third-order valence-corrected chi connectivity index (χ3v) is 6.76. The van der Waals surface area contributed by atoms with Gasteiger partial charge in [0.05, 0.1) is 21.6 Å². The Morgan fingerprint density at radius 1 is 1.37 bits per heavy atom. The van der Waals surface area contributed by atoms with Crippen LogP contribution >= 0.6 is 11.6 Å². The van der Waals surface area contributed by atoms with Crippen LogP contribution in [0.5, 0.6) is 0 Å². The van der Waals surface area contributed by atoms with Gasteiger partial charge in [-0.3, -0.25) is 9.20 Å². The lowest BCUT2D eigenvalue weighted by atomic mass is 9.71. The molecule has 1 aliphatic rings. The highest BCUT2D eigenvalue weighted by molar-refractivity contribution is 6.35. The number of anilines is 1. The first kappa shape index (κ1) is 18.9. The van der Waals surface area contributed by atoms with Gasteiger partial charge in [0, 0.05) is 23.7 Å². The van der Waals surface area contributed by atoms with Gasteiger partial charge in [0.1, 0.15) is 22.9 Å². The molecule has 0 atom stereocenters. The Morgan fingerprint density at radius 3 is 2.83 bits per heavy atom. The van der Waals surface area contributed by atoms with E-state index in [-0.39, 0.29) is 5.92 Å². The van der Waals surface area contributed by atoms with E-state index >= 15 is 0 Å². The topological polar surface area (TPSA) is 109 Å². The van der Waals surface area contributed by atoms with Crippen molar-refractivity contribution in [1.82, 2.24) is 19.4 Å². The van der Waals surface area contributed by atoms with Crippen molar-refractivity contribution in [2.75, 3.05) is 5.73 Å². The van der Waals surface area contributed by atoms with Crippen LogP contribution in [0.3, 0.4) is 0 Å². The number of para-hydroxylation sites is 1. The van der Waals surface area contributed by atoms with Gasteiger partial charge in [0.15, 0.2) is 0 Å². The van der Waals surface area contributed by atoms with Crippen molar-refractivity contribution in [3.05, 3.63) is 47.5 Å². The number of halogens is 1. The molecule has 8 heteroatoms. The number of aromatic amines is 1. The fourth-order valence-corrected chi connectivity index (χ4v) is 4.77. The predicted octanol–water partition coefficient (Wildman–Crippen LogP) is 4.86. The molecule has 1 aliphatic carbocycles. The molecule has 30 heavy (non-hydrogen) atoms. The maximum atomic E-state index is 11.6. The van der Waals surface area contributed by atoms with Crippen LogP contribution < -0.4 is 5.73 Å². The second-order valence-electron chi connectivity index (χ2n) is 8.38. The van der Waals surface area contributed by atoms with Crippen LogP contribution in [0.15, 0.2) is 36.7 Å². The van der Waals surface area contributed by atoms with E-state index in [9.17, 15) is 9.90 Å². The molecular weight excluding hydrogens is 402 g/mol. The molecule has 154 valence electrons. The number of H-pyrrole nitrogens is 1. The number of nitrogens with two attached hydrogens (primary N) is 1. The van der Waals surface area contributed by atoms with Gasteiger partial charge < -0.3 is 15.8 Å². The molecule has 4 N–H and O–H groups in total. The van der Waals surface area contributed by atoms with E-state index in [2.05, 4.69) is 9.97 Å². The first-order valence-corrected chi connectivity index (χ1v) is 10.4. The number of nitrogen functional groups attached to an aromatic ring is 1. The number of rotatable bonds is 3. The lowest BCUT2D eigenvalue weighted by Gasteiger charge is -2.33. The van der Waals surface area contributed by atoms with Gasteiger partial charge in [-0.2, -0.15) is 0 Å². The molecule has 0 bridgehead atoms. The number of aromatic nitrogens is 4.